The summed E-state index contributed by atoms with van der Waals surface area (Å²) in [6.45, 7) is 0. The minimum Gasteiger partial charge on any atom is -0.496 e. The summed E-state index contributed by atoms with van der Waals surface area (Å²) in [6, 6.07) is 12.1. The van der Waals surface area contributed by atoms with E-state index in [1.165, 1.54) is 4.90 Å². The Hall–Kier alpha value is -2.07. The van der Waals surface area contributed by atoms with E-state index in [0.717, 1.165) is 16.9 Å². The maximum atomic E-state index is 5.42. The Balaban J connectivity index is 2.32. The molecule has 4 heteroatoms. The van der Waals surface area contributed by atoms with Crippen LogP contribution in [-0.4, -0.2) is 27.6 Å². The van der Waals surface area contributed by atoms with Gasteiger partial charge in [0.25, 0.3) is 0 Å². The van der Waals surface area contributed by atoms with Gasteiger partial charge in [-0.1, -0.05) is 24.3 Å². The minimum absolute atomic E-state index is 0.654. The fourth-order valence-corrected chi connectivity index (χ4v) is 2.49. The monoisotopic (exact) mass is 316 g/mol. The number of hydrogen-bond acceptors (Lipinski definition) is 4. The average Bonchev–Trinajstić information content (AvgIpc) is 2.59. The lowest BCUT2D eigenvalue weighted by atomic mass is 10.1. The summed E-state index contributed by atoms with van der Waals surface area (Å²) >= 11 is 1.73. The Morgan fingerprint density at radius 1 is 0.773 bits per heavy atom. The molecule has 3 nitrogen and oxygen atoms in total. The van der Waals surface area contributed by atoms with Crippen molar-refractivity contribution < 1.29 is 14.2 Å². The van der Waals surface area contributed by atoms with Gasteiger partial charge >= 0.3 is 0 Å². The third kappa shape index (κ3) is 3.77. The highest BCUT2D eigenvalue weighted by Crippen LogP contribution is 2.35. The van der Waals surface area contributed by atoms with Crippen molar-refractivity contribution in [3.8, 4) is 17.2 Å². The number of ether oxygens (including phenoxy) is 3. The molecule has 0 atom stereocenters. The molecule has 2 aromatic carbocycles. The number of rotatable bonds is 6. The third-order valence-electron chi connectivity index (χ3n) is 3.31. The van der Waals surface area contributed by atoms with E-state index in [-0.39, 0.29) is 0 Å². The second-order valence-electron chi connectivity index (χ2n) is 4.56. The van der Waals surface area contributed by atoms with Crippen molar-refractivity contribution in [3.05, 3.63) is 47.5 Å². The summed E-state index contributed by atoms with van der Waals surface area (Å²) in [5.74, 6) is 2.08. The van der Waals surface area contributed by atoms with Crippen molar-refractivity contribution in [2.24, 2.45) is 0 Å². The fraction of sp³-hybridized carbons (Fsp3) is 0.222. The molecule has 22 heavy (non-hydrogen) atoms. The lowest BCUT2D eigenvalue weighted by molar-refractivity contribution is 0.348. The largest absolute Gasteiger partial charge is 0.496 e. The van der Waals surface area contributed by atoms with Crippen molar-refractivity contribution in [1.82, 2.24) is 0 Å². The molecule has 116 valence electrons. The van der Waals surface area contributed by atoms with Gasteiger partial charge in [0, 0.05) is 16.5 Å². The molecular formula is C18H20O3S. The predicted octanol–water partition coefficient (Wildman–Crippen LogP) is 4.60. The summed E-state index contributed by atoms with van der Waals surface area (Å²) in [4.78, 5) is 1.25. The lowest BCUT2D eigenvalue weighted by Crippen LogP contribution is -1.94. The highest BCUT2D eigenvalue weighted by atomic mass is 32.2. The summed E-state index contributed by atoms with van der Waals surface area (Å²) in [5.41, 5.74) is 2.07. The number of hydrogen-bond donors (Lipinski definition) is 0. The molecule has 0 bridgehead atoms. The van der Waals surface area contributed by atoms with Gasteiger partial charge in [-0.15, -0.1) is 11.8 Å². The van der Waals surface area contributed by atoms with Crippen molar-refractivity contribution in [1.29, 1.82) is 0 Å². The highest BCUT2D eigenvalue weighted by Gasteiger charge is 2.09. The Kier molecular flexibility index (Phi) is 5.78. The van der Waals surface area contributed by atoms with Crippen LogP contribution in [0, 0.1) is 0 Å². The summed E-state index contributed by atoms with van der Waals surface area (Å²) in [7, 11) is 4.88. The molecule has 0 aliphatic heterocycles. The molecular weight excluding hydrogens is 296 g/mol. The molecule has 0 fully saturated rings. The first-order chi connectivity index (χ1) is 10.7. The minimum atomic E-state index is 0.654. The van der Waals surface area contributed by atoms with Crippen LogP contribution in [0.2, 0.25) is 0 Å². The Morgan fingerprint density at radius 2 is 1.36 bits per heavy atom. The van der Waals surface area contributed by atoms with Crippen LogP contribution in [0.25, 0.3) is 12.2 Å². The van der Waals surface area contributed by atoms with Crippen LogP contribution >= 0.6 is 11.8 Å². The Bertz CT molecular complexity index is 648. The molecule has 0 unspecified atom stereocenters. The van der Waals surface area contributed by atoms with Gasteiger partial charge in [0.2, 0.25) is 0 Å². The molecule has 0 aliphatic rings. The summed E-state index contributed by atoms with van der Waals surface area (Å²) in [5, 5.41) is 0. The fourth-order valence-electron chi connectivity index (χ4n) is 2.08. The van der Waals surface area contributed by atoms with Crippen LogP contribution in [0.1, 0.15) is 11.1 Å². The standard InChI is InChI=1S/C18H20O3S/c1-19-16-12-18(21-3)17(20-2)11-14(16)8-5-13-6-9-15(22-4)10-7-13/h5-12H,1-4H3. The van der Waals surface area contributed by atoms with Gasteiger partial charge in [0.1, 0.15) is 5.75 Å². The SMILES string of the molecule is COc1cc(OC)c(OC)cc1C=Cc1ccc(SC)cc1. The van der Waals surface area contributed by atoms with E-state index in [0.29, 0.717) is 11.5 Å². The normalized spacial score (nSPS) is 10.7. The third-order valence-corrected chi connectivity index (χ3v) is 4.05. The molecule has 0 amide bonds. The van der Waals surface area contributed by atoms with E-state index in [4.69, 9.17) is 14.2 Å². The van der Waals surface area contributed by atoms with Crippen molar-refractivity contribution in [2.75, 3.05) is 27.6 Å². The number of methoxy groups -OCH3 is 3. The number of thioether (sulfide) groups is 1. The molecule has 0 heterocycles. The van der Waals surface area contributed by atoms with Gasteiger partial charge < -0.3 is 14.2 Å². The van der Waals surface area contributed by atoms with Crippen molar-refractivity contribution in [2.45, 2.75) is 4.90 Å². The van der Waals surface area contributed by atoms with Crippen molar-refractivity contribution in [3.63, 3.8) is 0 Å². The van der Waals surface area contributed by atoms with Crippen molar-refractivity contribution >= 4 is 23.9 Å². The van der Waals surface area contributed by atoms with Crippen LogP contribution in [-0.2, 0) is 0 Å². The zero-order valence-corrected chi connectivity index (χ0v) is 14.1. The first kappa shape index (κ1) is 16.3. The quantitative estimate of drug-likeness (QED) is 0.575. The molecule has 2 rings (SSSR count). The van der Waals surface area contributed by atoms with Gasteiger partial charge in [0.05, 0.1) is 21.3 Å². The zero-order valence-electron chi connectivity index (χ0n) is 13.3. The average molecular weight is 316 g/mol. The van der Waals surface area contributed by atoms with Crippen LogP contribution < -0.4 is 14.2 Å². The van der Waals surface area contributed by atoms with E-state index in [1.54, 1.807) is 33.1 Å². The smallest absolute Gasteiger partial charge is 0.164 e. The van der Waals surface area contributed by atoms with E-state index in [9.17, 15) is 0 Å². The molecule has 0 spiro atoms. The Labute approximate surface area is 135 Å². The summed E-state index contributed by atoms with van der Waals surface area (Å²) < 4.78 is 16.1. The number of benzene rings is 2. The van der Waals surface area contributed by atoms with Crippen LogP contribution in [0.4, 0.5) is 0 Å². The lowest BCUT2D eigenvalue weighted by Gasteiger charge is -2.12. The molecule has 0 N–H and O–H groups in total. The Morgan fingerprint density at radius 3 is 1.91 bits per heavy atom. The van der Waals surface area contributed by atoms with Crippen LogP contribution in [0.15, 0.2) is 41.3 Å². The van der Waals surface area contributed by atoms with Gasteiger partial charge in [-0.2, -0.15) is 0 Å². The van der Waals surface area contributed by atoms with Gasteiger partial charge in [-0.3, -0.25) is 0 Å². The zero-order chi connectivity index (χ0) is 15.9. The second kappa shape index (κ2) is 7.80. The van der Waals surface area contributed by atoms with Crippen LogP contribution in [0.3, 0.4) is 0 Å². The summed E-state index contributed by atoms with van der Waals surface area (Å²) in [6.07, 6.45) is 6.13. The molecule has 0 radical (unpaired) electrons. The van der Waals surface area contributed by atoms with E-state index < -0.39 is 0 Å². The molecule has 0 aromatic heterocycles. The maximum Gasteiger partial charge on any atom is 0.164 e. The maximum absolute atomic E-state index is 5.42. The second-order valence-corrected chi connectivity index (χ2v) is 5.44. The van der Waals surface area contributed by atoms with Gasteiger partial charge in [0.15, 0.2) is 11.5 Å². The van der Waals surface area contributed by atoms with Gasteiger partial charge in [-0.25, -0.2) is 0 Å². The molecule has 0 saturated carbocycles. The van der Waals surface area contributed by atoms with Gasteiger partial charge in [-0.05, 0) is 30.0 Å². The van der Waals surface area contributed by atoms with E-state index in [2.05, 4.69) is 30.5 Å². The highest BCUT2D eigenvalue weighted by molar-refractivity contribution is 7.98. The topological polar surface area (TPSA) is 27.7 Å². The van der Waals surface area contributed by atoms with E-state index in [1.807, 2.05) is 24.3 Å². The first-order valence-corrected chi connectivity index (χ1v) is 8.06. The predicted molar refractivity (Wildman–Crippen MR) is 93.2 cm³/mol. The molecule has 0 aliphatic carbocycles. The van der Waals surface area contributed by atoms with Crippen LogP contribution in [0.5, 0.6) is 17.2 Å². The molecule has 0 saturated heterocycles. The molecule has 2 aromatic rings. The van der Waals surface area contributed by atoms with E-state index >= 15 is 0 Å². The first-order valence-electron chi connectivity index (χ1n) is 6.84.